The van der Waals surface area contributed by atoms with Gasteiger partial charge in [0.15, 0.2) is 0 Å². The van der Waals surface area contributed by atoms with Crippen molar-refractivity contribution in [1.82, 2.24) is 10.3 Å². The summed E-state index contributed by atoms with van der Waals surface area (Å²) in [5.41, 5.74) is 0.0636. The minimum absolute atomic E-state index is 0.0636. The maximum Gasteiger partial charge on any atom is 0.254 e. The Morgan fingerprint density at radius 2 is 2.24 bits per heavy atom. The van der Waals surface area contributed by atoms with Crippen LogP contribution in [0.1, 0.15) is 20.2 Å². The summed E-state index contributed by atoms with van der Waals surface area (Å²) in [6, 6.07) is 5.92. The quantitative estimate of drug-likeness (QED) is 0.909. The molecule has 0 saturated heterocycles. The van der Waals surface area contributed by atoms with Crippen LogP contribution in [0.4, 0.5) is 4.39 Å². The summed E-state index contributed by atoms with van der Waals surface area (Å²) in [5, 5.41) is 3.61. The molecule has 0 aliphatic rings. The van der Waals surface area contributed by atoms with Crippen LogP contribution in [0.3, 0.4) is 0 Å². The van der Waals surface area contributed by atoms with Gasteiger partial charge in [0.1, 0.15) is 5.82 Å². The zero-order valence-electron chi connectivity index (χ0n) is 9.24. The van der Waals surface area contributed by atoms with Crippen molar-refractivity contribution < 1.29 is 9.18 Å². The number of hydrogen-bond acceptors (Lipinski definition) is 3. The fourth-order valence-electron chi connectivity index (χ4n) is 1.40. The Morgan fingerprint density at radius 3 is 2.88 bits per heavy atom. The van der Waals surface area contributed by atoms with Crippen molar-refractivity contribution in [3.05, 3.63) is 51.7 Å². The topological polar surface area (TPSA) is 42.0 Å². The molecule has 1 heterocycles. The molecule has 0 aliphatic carbocycles. The summed E-state index contributed by atoms with van der Waals surface area (Å²) in [7, 11) is 0. The van der Waals surface area contributed by atoms with Crippen molar-refractivity contribution in [2.24, 2.45) is 0 Å². The fraction of sp³-hybridized carbons (Fsp3) is 0.167. The summed E-state index contributed by atoms with van der Waals surface area (Å²) >= 11 is 1.51. The van der Waals surface area contributed by atoms with Crippen molar-refractivity contribution in [2.75, 3.05) is 0 Å². The molecule has 0 bridgehead atoms. The summed E-state index contributed by atoms with van der Waals surface area (Å²) in [5.74, 6) is -0.917. The zero-order valence-corrected chi connectivity index (χ0v) is 10.1. The van der Waals surface area contributed by atoms with Crippen LogP contribution in [-0.2, 0) is 6.54 Å². The first kappa shape index (κ1) is 11.7. The number of thiazole rings is 1. The lowest BCUT2D eigenvalue weighted by Crippen LogP contribution is -2.23. The van der Waals surface area contributed by atoms with E-state index in [1.165, 1.54) is 23.5 Å². The number of carbonyl (C=O) groups is 1. The Hall–Kier alpha value is -1.75. The van der Waals surface area contributed by atoms with Gasteiger partial charge in [-0.3, -0.25) is 4.79 Å². The van der Waals surface area contributed by atoms with E-state index in [2.05, 4.69) is 10.3 Å². The Morgan fingerprint density at radius 1 is 1.47 bits per heavy atom. The number of halogens is 1. The normalized spacial score (nSPS) is 10.2. The average molecular weight is 250 g/mol. The molecule has 1 aromatic heterocycles. The summed E-state index contributed by atoms with van der Waals surface area (Å²) in [6.45, 7) is 2.27. The number of nitrogens with zero attached hydrogens (tertiary/aromatic N) is 1. The van der Waals surface area contributed by atoms with Crippen molar-refractivity contribution in [1.29, 1.82) is 0 Å². The number of benzene rings is 1. The van der Waals surface area contributed by atoms with E-state index in [0.29, 0.717) is 6.54 Å². The number of aromatic nitrogens is 1. The largest absolute Gasteiger partial charge is 0.347 e. The number of hydrogen-bond donors (Lipinski definition) is 1. The number of aryl methyl sites for hydroxylation is 1. The Kier molecular flexibility index (Phi) is 3.49. The number of amides is 1. The minimum Gasteiger partial charge on any atom is -0.347 e. The maximum atomic E-state index is 13.3. The smallest absolute Gasteiger partial charge is 0.254 e. The monoisotopic (exact) mass is 250 g/mol. The SMILES string of the molecule is Cc1ncc(CNC(=O)c2ccccc2F)s1. The number of rotatable bonds is 3. The highest BCUT2D eigenvalue weighted by atomic mass is 32.1. The van der Waals surface area contributed by atoms with Gasteiger partial charge in [-0.25, -0.2) is 9.37 Å². The van der Waals surface area contributed by atoms with Gasteiger partial charge in [0.25, 0.3) is 5.91 Å². The highest BCUT2D eigenvalue weighted by Crippen LogP contribution is 2.11. The lowest BCUT2D eigenvalue weighted by molar-refractivity contribution is 0.0947. The molecule has 17 heavy (non-hydrogen) atoms. The standard InChI is InChI=1S/C12H11FN2OS/c1-8-14-6-9(17-8)7-15-12(16)10-4-2-3-5-11(10)13/h2-6H,7H2,1H3,(H,15,16). The Labute approximate surface area is 102 Å². The van der Waals surface area contributed by atoms with Crippen molar-refractivity contribution in [3.63, 3.8) is 0 Å². The number of nitrogens with one attached hydrogen (secondary N) is 1. The molecule has 0 aliphatic heterocycles. The van der Waals surface area contributed by atoms with Crippen LogP contribution in [-0.4, -0.2) is 10.9 Å². The van der Waals surface area contributed by atoms with Crippen LogP contribution in [0.5, 0.6) is 0 Å². The molecule has 0 saturated carbocycles. The third-order valence-electron chi connectivity index (χ3n) is 2.21. The Balaban J connectivity index is 2.01. The molecular weight excluding hydrogens is 239 g/mol. The molecule has 88 valence electrons. The van der Waals surface area contributed by atoms with E-state index in [-0.39, 0.29) is 5.56 Å². The van der Waals surface area contributed by atoms with Crippen molar-refractivity contribution in [3.8, 4) is 0 Å². The van der Waals surface area contributed by atoms with Crippen LogP contribution in [0.2, 0.25) is 0 Å². The van der Waals surface area contributed by atoms with Crippen molar-refractivity contribution >= 4 is 17.2 Å². The molecule has 1 amide bonds. The average Bonchev–Trinajstić information content (AvgIpc) is 2.73. The molecule has 0 atom stereocenters. The van der Waals surface area contributed by atoms with E-state index in [9.17, 15) is 9.18 Å². The lowest BCUT2D eigenvalue weighted by Gasteiger charge is -2.03. The molecule has 0 unspecified atom stereocenters. The van der Waals surface area contributed by atoms with Gasteiger partial charge in [-0.1, -0.05) is 12.1 Å². The first-order chi connectivity index (χ1) is 8.16. The van der Waals surface area contributed by atoms with E-state index in [4.69, 9.17) is 0 Å². The third kappa shape index (κ3) is 2.88. The predicted molar refractivity (Wildman–Crippen MR) is 64.4 cm³/mol. The van der Waals surface area contributed by atoms with E-state index in [0.717, 1.165) is 9.88 Å². The second kappa shape index (κ2) is 5.05. The van der Waals surface area contributed by atoms with Crippen LogP contribution in [0.15, 0.2) is 30.5 Å². The highest BCUT2D eigenvalue weighted by molar-refractivity contribution is 7.11. The molecule has 5 heteroatoms. The molecule has 0 fully saturated rings. The first-order valence-electron chi connectivity index (χ1n) is 5.11. The summed E-state index contributed by atoms with van der Waals surface area (Å²) in [6.07, 6.45) is 1.71. The highest BCUT2D eigenvalue weighted by Gasteiger charge is 2.10. The van der Waals surface area contributed by atoms with E-state index < -0.39 is 11.7 Å². The van der Waals surface area contributed by atoms with Crippen LogP contribution in [0.25, 0.3) is 0 Å². The molecular formula is C12H11FN2OS. The maximum absolute atomic E-state index is 13.3. The predicted octanol–water partition coefficient (Wildman–Crippen LogP) is 2.52. The molecule has 3 nitrogen and oxygen atoms in total. The van der Waals surface area contributed by atoms with Crippen LogP contribution < -0.4 is 5.32 Å². The van der Waals surface area contributed by atoms with Gasteiger partial charge < -0.3 is 5.32 Å². The van der Waals surface area contributed by atoms with Gasteiger partial charge in [0.2, 0.25) is 0 Å². The second-order valence-electron chi connectivity index (χ2n) is 3.51. The van der Waals surface area contributed by atoms with Gasteiger partial charge in [-0.05, 0) is 19.1 Å². The van der Waals surface area contributed by atoms with E-state index in [1.54, 1.807) is 18.3 Å². The van der Waals surface area contributed by atoms with Gasteiger partial charge >= 0.3 is 0 Å². The molecule has 0 radical (unpaired) electrons. The molecule has 0 spiro atoms. The molecule has 1 aromatic carbocycles. The van der Waals surface area contributed by atoms with Gasteiger partial charge in [0, 0.05) is 11.1 Å². The van der Waals surface area contributed by atoms with Crippen molar-refractivity contribution in [2.45, 2.75) is 13.5 Å². The fourth-order valence-corrected chi connectivity index (χ4v) is 2.13. The lowest BCUT2D eigenvalue weighted by atomic mass is 10.2. The van der Waals surface area contributed by atoms with Crippen LogP contribution in [0, 0.1) is 12.7 Å². The van der Waals surface area contributed by atoms with E-state index >= 15 is 0 Å². The third-order valence-corrected chi connectivity index (χ3v) is 3.12. The number of carbonyl (C=O) groups excluding carboxylic acids is 1. The van der Waals surface area contributed by atoms with Gasteiger partial charge in [-0.2, -0.15) is 0 Å². The zero-order chi connectivity index (χ0) is 12.3. The Bertz CT molecular complexity index is 539. The minimum atomic E-state index is -0.509. The summed E-state index contributed by atoms with van der Waals surface area (Å²) < 4.78 is 13.3. The second-order valence-corrected chi connectivity index (χ2v) is 4.83. The molecule has 2 aromatic rings. The van der Waals surface area contributed by atoms with Crippen LogP contribution >= 0.6 is 11.3 Å². The molecule has 2 rings (SSSR count). The van der Waals surface area contributed by atoms with Gasteiger partial charge in [-0.15, -0.1) is 11.3 Å². The van der Waals surface area contributed by atoms with Gasteiger partial charge in [0.05, 0.1) is 17.1 Å². The molecule has 1 N–H and O–H groups in total. The van der Waals surface area contributed by atoms with E-state index in [1.807, 2.05) is 6.92 Å². The first-order valence-corrected chi connectivity index (χ1v) is 5.92. The summed E-state index contributed by atoms with van der Waals surface area (Å²) in [4.78, 5) is 16.7.